The number of fused-ring (bicyclic) bond motifs is 1. The van der Waals surface area contributed by atoms with E-state index in [1.54, 1.807) is 0 Å². The number of aryl methyl sites for hydroxylation is 1. The van der Waals surface area contributed by atoms with Crippen LogP contribution in [0.4, 0.5) is 5.69 Å². The minimum absolute atomic E-state index is 0.672. The number of hydrogen-bond acceptors (Lipinski definition) is 3. The maximum atomic E-state index is 5.90. The molecule has 0 aliphatic carbocycles. The summed E-state index contributed by atoms with van der Waals surface area (Å²) in [7, 11) is 4.13. The molecule has 3 nitrogen and oxygen atoms in total. The Bertz CT molecular complexity index is 1130. The minimum atomic E-state index is 0.672. The van der Waals surface area contributed by atoms with Gasteiger partial charge < -0.3 is 9.64 Å². The molecule has 0 radical (unpaired) electrons. The lowest BCUT2D eigenvalue weighted by molar-refractivity contribution is -0.669. The van der Waals surface area contributed by atoms with Gasteiger partial charge in [-0.15, -0.1) is 0 Å². The highest BCUT2D eigenvalue weighted by atomic mass is 32.1. The summed E-state index contributed by atoms with van der Waals surface area (Å²) in [5, 5.41) is 1.26. The van der Waals surface area contributed by atoms with Crippen molar-refractivity contribution in [2.24, 2.45) is 0 Å². The smallest absolute Gasteiger partial charge is 0.262 e. The number of thiazole rings is 1. The van der Waals surface area contributed by atoms with Crippen LogP contribution in [0.2, 0.25) is 0 Å². The lowest BCUT2D eigenvalue weighted by Gasteiger charge is -2.11. The van der Waals surface area contributed by atoms with Crippen LogP contribution in [0, 0.1) is 0 Å². The van der Waals surface area contributed by atoms with Crippen LogP contribution in [0.5, 0.6) is 0 Å². The van der Waals surface area contributed by atoms with Gasteiger partial charge >= 0.3 is 0 Å². The number of hydrogen-bond donors (Lipinski definition) is 0. The van der Waals surface area contributed by atoms with Crippen molar-refractivity contribution in [3.8, 4) is 0 Å². The molecule has 4 aromatic rings. The highest BCUT2D eigenvalue weighted by Gasteiger charge is 2.17. The molecular weight excluding hydrogens is 400 g/mol. The molecule has 0 amide bonds. The Morgan fingerprint density at radius 2 is 1.61 bits per heavy atom. The van der Waals surface area contributed by atoms with E-state index in [9.17, 15) is 0 Å². The van der Waals surface area contributed by atoms with Gasteiger partial charge in [0.25, 0.3) is 5.01 Å². The monoisotopic (exact) mass is 429 g/mol. The Balaban J connectivity index is 1.44. The third-order valence-corrected chi connectivity index (χ3v) is 6.38. The van der Waals surface area contributed by atoms with Crippen LogP contribution >= 0.6 is 11.3 Å². The van der Waals surface area contributed by atoms with Gasteiger partial charge in [0.1, 0.15) is 4.70 Å². The van der Waals surface area contributed by atoms with E-state index in [4.69, 9.17) is 4.74 Å². The molecule has 31 heavy (non-hydrogen) atoms. The van der Waals surface area contributed by atoms with Gasteiger partial charge in [0.2, 0.25) is 5.52 Å². The van der Waals surface area contributed by atoms with Gasteiger partial charge in [0.15, 0.2) is 6.54 Å². The molecule has 0 fully saturated rings. The first-order valence-corrected chi connectivity index (χ1v) is 11.5. The lowest BCUT2D eigenvalue weighted by atomic mass is 10.2. The van der Waals surface area contributed by atoms with Crippen molar-refractivity contribution >= 4 is 39.4 Å². The molecular formula is C27H29N2OS+. The molecule has 0 aliphatic rings. The van der Waals surface area contributed by atoms with E-state index < -0.39 is 0 Å². The van der Waals surface area contributed by atoms with Crippen molar-refractivity contribution in [1.82, 2.24) is 0 Å². The summed E-state index contributed by atoms with van der Waals surface area (Å²) < 4.78 is 9.63. The number of benzene rings is 3. The van der Waals surface area contributed by atoms with E-state index in [0.717, 1.165) is 19.6 Å². The van der Waals surface area contributed by atoms with E-state index in [2.05, 4.69) is 109 Å². The van der Waals surface area contributed by atoms with Gasteiger partial charge in [-0.05, 0) is 35.4 Å². The Morgan fingerprint density at radius 3 is 2.39 bits per heavy atom. The number of ether oxygens (including phenoxy) is 1. The van der Waals surface area contributed by atoms with Crippen LogP contribution < -0.4 is 9.47 Å². The van der Waals surface area contributed by atoms with Gasteiger partial charge in [0, 0.05) is 38.3 Å². The van der Waals surface area contributed by atoms with Gasteiger partial charge in [-0.3, -0.25) is 0 Å². The highest BCUT2D eigenvalue weighted by molar-refractivity contribution is 7.18. The van der Waals surface area contributed by atoms with E-state index in [0.29, 0.717) is 6.61 Å². The van der Waals surface area contributed by atoms with Crippen molar-refractivity contribution < 1.29 is 9.30 Å². The molecule has 0 atom stereocenters. The molecule has 3 aromatic carbocycles. The standard InChI is InChI=1S/C27H29N2OS/c1-28(2)24-16-13-22(14-17-24)15-18-27-29(25-11-6-7-12-26(25)31-27)19-8-20-30-21-23-9-4-3-5-10-23/h3-7,9-18H,8,19-21H2,1-2H3/q+1. The van der Waals surface area contributed by atoms with E-state index in [1.807, 2.05) is 17.4 Å². The first kappa shape index (κ1) is 21.3. The van der Waals surface area contributed by atoms with Crippen LogP contribution in [0.15, 0.2) is 78.9 Å². The molecule has 4 heteroatoms. The Hall–Kier alpha value is -2.95. The van der Waals surface area contributed by atoms with Crippen LogP contribution in [0.3, 0.4) is 0 Å². The molecule has 0 saturated carbocycles. The summed E-state index contributed by atoms with van der Waals surface area (Å²) in [6.45, 7) is 2.37. The topological polar surface area (TPSA) is 16.4 Å². The molecule has 0 aliphatic heterocycles. The first-order chi connectivity index (χ1) is 15.2. The maximum absolute atomic E-state index is 5.90. The fourth-order valence-corrected chi connectivity index (χ4v) is 4.64. The number of nitrogens with zero attached hydrogens (tertiary/aromatic N) is 2. The lowest BCUT2D eigenvalue weighted by Crippen LogP contribution is -2.35. The normalized spacial score (nSPS) is 11.4. The van der Waals surface area contributed by atoms with Crippen molar-refractivity contribution in [3.05, 3.63) is 95.0 Å². The molecule has 0 bridgehead atoms. The van der Waals surface area contributed by atoms with Crippen molar-refractivity contribution in [3.63, 3.8) is 0 Å². The van der Waals surface area contributed by atoms with E-state index in [-0.39, 0.29) is 0 Å². The SMILES string of the molecule is CN(C)c1ccc(/C=C/c2sc3ccccc3[n+]2CCCOCc2ccccc2)cc1. The average Bonchev–Trinajstić information content (AvgIpc) is 3.16. The summed E-state index contributed by atoms with van der Waals surface area (Å²) in [5.74, 6) is 0. The second kappa shape index (κ2) is 10.4. The predicted molar refractivity (Wildman–Crippen MR) is 132 cm³/mol. The zero-order chi connectivity index (χ0) is 21.5. The summed E-state index contributed by atoms with van der Waals surface area (Å²) >= 11 is 1.84. The third-order valence-electron chi connectivity index (χ3n) is 5.25. The van der Waals surface area contributed by atoms with Crippen LogP contribution in [0.1, 0.15) is 22.6 Å². The summed E-state index contributed by atoms with van der Waals surface area (Å²) in [4.78, 5) is 2.12. The fraction of sp³-hybridized carbons (Fsp3) is 0.222. The average molecular weight is 430 g/mol. The van der Waals surface area contributed by atoms with Crippen LogP contribution in [0.25, 0.3) is 22.4 Å². The number of anilines is 1. The second-order valence-corrected chi connectivity index (χ2v) is 8.83. The summed E-state index contributed by atoms with van der Waals surface area (Å²) in [6, 6.07) is 27.6. The Morgan fingerprint density at radius 1 is 0.871 bits per heavy atom. The van der Waals surface area contributed by atoms with E-state index >= 15 is 0 Å². The van der Waals surface area contributed by atoms with Crippen molar-refractivity contribution in [2.45, 2.75) is 19.6 Å². The van der Waals surface area contributed by atoms with Gasteiger partial charge in [-0.2, -0.15) is 4.57 Å². The predicted octanol–water partition coefficient (Wildman–Crippen LogP) is 6.03. The molecule has 0 spiro atoms. The zero-order valence-corrected chi connectivity index (χ0v) is 19.0. The van der Waals surface area contributed by atoms with Crippen molar-refractivity contribution in [2.75, 3.05) is 25.6 Å². The van der Waals surface area contributed by atoms with Crippen LogP contribution in [-0.2, 0) is 17.9 Å². The quantitative estimate of drug-likeness (QED) is 0.238. The molecule has 1 aromatic heterocycles. The Labute approximate surface area is 188 Å². The van der Waals surface area contributed by atoms with Crippen molar-refractivity contribution in [1.29, 1.82) is 0 Å². The highest BCUT2D eigenvalue weighted by Crippen LogP contribution is 2.22. The van der Waals surface area contributed by atoms with E-state index in [1.165, 1.54) is 32.0 Å². The molecule has 4 rings (SSSR count). The first-order valence-electron chi connectivity index (χ1n) is 10.7. The van der Waals surface area contributed by atoms with Gasteiger partial charge in [-0.1, -0.05) is 65.9 Å². The fourth-order valence-electron chi connectivity index (χ4n) is 3.55. The second-order valence-electron chi connectivity index (χ2n) is 7.77. The zero-order valence-electron chi connectivity index (χ0n) is 18.2. The summed E-state index contributed by atoms with van der Waals surface area (Å²) in [5.41, 5.74) is 4.93. The van der Waals surface area contributed by atoms with Crippen LogP contribution in [-0.4, -0.2) is 20.7 Å². The third kappa shape index (κ3) is 5.60. The summed E-state index contributed by atoms with van der Waals surface area (Å²) in [6.07, 6.45) is 5.42. The largest absolute Gasteiger partial charge is 0.378 e. The maximum Gasteiger partial charge on any atom is 0.262 e. The molecule has 0 N–H and O–H groups in total. The number of rotatable bonds is 9. The molecule has 158 valence electrons. The van der Waals surface area contributed by atoms with Gasteiger partial charge in [-0.25, -0.2) is 0 Å². The molecule has 0 unspecified atom stereocenters. The van der Waals surface area contributed by atoms with Gasteiger partial charge in [0.05, 0.1) is 13.2 Å². The Kier molecular flexibility index (Phi) is 7.13. The molecule has 0 saturated heterocycles. The molecule has 1 heterocycles. The number of para-hydroxylation sites is 1. The minimum Gasteiger partial charge on any atom is -0.378 e. The number of aromatic nitrogens is 1.